The van der Waals surface area contributed by atoms with E-state index in [9.17, 15) is 0 Å². The van der Waals surface area contributed by atoms with E-state index in [0.29, 0.717) is 12.5 Å². The lowest BCUT2D eigenvalue weighted by Gasteiger charge is -2.17. The molecule has 0 saturated heterocycles. The van der Waals surface area contributed by atoms with E-state index < -0.39 is 0 Å². The van der Waals surface area contributed by atoms with Gasteiger partial charge in [-0.2, -0.15) is 0 Å². The summed E-state index contributed by atoms with van der Waals surface area (Å²) in [5.74, 6) is 2.34. The maximum atomic E-state index is 5.56. The molecule has 2 heteroatoms. The minimum atomic E-state index is 0.475. The first-order valence-electron chi connectivity index (χ1n) is 5.13. The van der Waals surface area contributed by atoms with Crippen LogP contribution in [0.3, 0.4) is 0 Å². The van der Waals surface area contributed by atoms with Gasteiger partial charge in [0.2, 0.25) is 0 Å². The van der Waals surface area contributed by atoms with Gasteiger partial charge in [-0.3, -0.25) is 0 Å². The van der Waals surface area contributed by atoms with Crippen LogP contribution in [0.2, 0.25) is 0 Å². The second-order valence-corrected chi connectivity index (χ2v) is 3.54. The first-order valence-corrected chi connectivity index (χ1v) is 5.13. The van der Waals surface area contributed by atoms with E-state index in [-0.39, 0.29) is 0 Å². The fourth-order valence-electron chi connectivity index (χ4n) is 1.45. The number of allylic oxidation sites excluding steroid dienone is 5. The molecular formula is C13H18O2. The van der Waals surface area contributed by atoms with Gasteiger partial charge < -0.3 is 9.47 Å². The van der Waals surface area contributed by atoms with Crippen LogP contribution in [0.25, 0.3) is 0 Å². The van der Waals surface area contributed by atoms with Gasteiger partial charge in [-0.25, -0.2) is 0 Å². The predicted molar refractivity (Wildman–Crippen MR) is 62.2 cm³/mol. The first-order chi connectivity index (χ1) is 7.26. The molecule has 0 aliphatic heterocycles. The van der Waals surface area contributed by atoms with Crippen molar-refractivity contribution in [2.24, 2.45) is 5.92 Å². The van der Waals surface area contributed by atoms with Crippen LogP contribution < -0.4 is 0 Å². The van der Waals surface area contributed by atoms with Crippen LogP contribution in [-0.2, 0) is 9.47 Å². The van der Waals surface area contributed by atoms with E-state index in [4.69, 9.17) is 9.47 Å². The molecule has 0 aromatic rings. The van der Waals surface area contributed by atoms with Gasteiger partial charge in [-0.15, -0.1) is 0 Å². The zero-order valence-corrected chi connectivity index (χ0v) is 9.40. The third kappa shape index (κ3) is 4.07. The fraction of sp³-hybridized carbons (Fsp3) is 0.385. The molecule has 1 rings (SSSR count). The summed E-state index contributed by atoms with van der Waals surface area (Å²) >= 11 is 0. The summed E-state index contributed by atoms with van der Waals surface area (Å²) < 4.78 is 10.8. The highest BCUT2D eigenvalue weighted by atomic mass is 16.5. The normalized spacial score (nSPS) is 20.8. The molecular weight excluding hydrogens is 188 g/mol. The number of methoxy groups -OCH3 is 1. The van der Waals surface area contributed by atoms with Gasteiger partial charge in [0.25, 0.3) is 0 Å². The van der Waals surface area contributed by atoms with Gasteiger partial charge >= 0.3 is 0 Å². The van der Waals surface area contributed by atoms with Crippen molar-refractivity contribution in [3.05, 3.63) is 48.5 Å². The molecule has 0 radical (unpaired) electrons. The van der Waals surface area contributed by atoms with E-state index in [1.807, 2.05) is 18.2 Å². The van der Waals surface area contributed by atoms with E-state index in [0.717, 1.165) is 17.9 Å². The van der Waals surface area contributed by atoms with Crippen molar-refractivity contribution < 1.29 is 9.47 Å². The Balaban J connectivity index is 2.49. The van der Waals surface area contributed by atoms with Gasteiger partial charge in [-0.05, 0) is 18.1 Å². The Kier molecular flexibility index (Phi) is 4.75. The largest absolute Gasteiger partial charge is 0.501 e. The van der Waals surface area contributed by atoms with Gasteiger partial charge in [0.15, 0.2) is 0 Å². The molecule has 2 nitrogen and oxygen atoms in total. The molecule has 82 valence electrons. The zero-order chi connectivity index (χ0) is 11.1. The van der Waals surface area contributed by atoms with Crippen molar-refractivity contribution >= 4 is 0 Å². The fourth-order valence-corrected chi connectivity index (χ4v) is 1.45. The summed E-state index contributed by atoms with van der Waals surface area (Å²) in [7, 11) is 1.69. The standard InChI is InChI=1S/C13H18O2/c1-4-5-6-7-15-13-9-11(2)8-12(10-13)14-3/h4-6,9-11H,1,7-8H2,2-3H3/b6-5-. The molecule has 15 heavy (non-hydrogen) atoms. The van der Waals surface area contributed by atoms with Gasteiger partial charge in [0, 0.05) is 12.5 Å². The second kappa shape index (κ2) is 6.12. The summed E-state index contributed by atoms with van der Waals surface area (Å²) in [4.78, 5) is 0. The van der Waals surface area contributed by atoms with Crippen molar-refractivity contribution in [3.63, 3.8) is 0 Å². The Labute approximate surface area is 91.6 Å². The summed E-state index contributed by atoms with van der Waals surface area (Å²) in [6.45, 7) is 6.31. The minimum Gasteiger partial charge on any atom is -0.501 e. The lowest BCUT2D eigenvalue weighted by molar-refractivity contribution is 0.230. The van der Waals surface area contributed by atoms with Gasteiger partial charge in [0.05, 0.1) is 12.9 Å². The maximum absolute atomic E-state index is 5.56. The molecule has 1 aliphatic rings. The highest BCUT2D eigenvalue weighted by Crippen LogP contribution is 2.23. The molecule has 0 aromatic heterocycles. The molecule has 0 amide bonds. The summed E-state index contributed by atoms with van der Waals surface area (Å²) in [5, 5.41) is 0. The maximum Gasteiger partial charge on any atom is 0.119 e. The zero-order valence-electron chi connectivity index (χ0n) is 9.40. The highest BCUT2D eigenvalue weighted by molar-refractivity contribution is 5.22. The van der Waals surface area contributed by atoms with E-state index in [1.165, 1.54) is 0 Å². The van der Waals surface area contributed by atoms with Crippen molar-refractivity contribution in [2.75, 3.05) is 13.7 Å². The van der Waals surface area contributed by atoms with Gasteiger partial charge in [-0.1, -0.05) is 25.7 Å². The van der Waals surface area contributed by atoms with E-state index >= 15 is 0 Å². The lowest BCUT2D eigenvalue weighted by Crippen LogP contribution is -2.05. The number of hydrogen-bond acceptors (Lipinski definition) is 2. The van der Waals surface area contributed by atoms with Crippen molar-refractivity contribution in [3.8, 4) is 0 Å². The molecule has 0 saturated carbocycles. The van der Waals surface area contributed by atoms with Crippen LogP contribution >= 0.6 is 0 Å². The molecule has 1 atom stereocenters. The SMILES string of the molecule is C=C/C=C\COC1=CC(C)CC(OC)=C1. The minimum absolute atomic E-state index is 0.475. The van der Waals surface area contributed by atoms with Crippen LogP contribution in [0.15, 0.2) is 48.5 Å². The predicted octanol–water partition coefficient (Wildman–Crippen LogP) is 3.20. The first kappa shape index (κ1) is 11.6. The Hall–Kier alpha value is -1.44. The van der Waals surface area contributed by atoms with Gasteiger partial charge in [0.1, 0.15) is 12.4 Å². The average molecular weight is 206 g/mol. The Bertz CT molecular complexity index is 298. The Morgan fingerprint density at radius 2 is 2.40 bits per heavy atom. The average Bonchev–Trinajstić information content (AvgIpc) is 2.23. The van der Waals surface area contributed by atoms with Crippen LogP contribution in [0.5, 0.6) is 0 Å². The summed E-state index contributed by atoms with van der Waals surface area (Å²) in [6.07, 6.45) is 10.5. The van der Waals surface area contributed by atoms with Crippen LogP contribution in [0.4, 0.5) is 0 Å². The molecule has 0 aromatic carbocycles. The number of hydrogen-bond donors (Lipinski definition) is 0. The lowest BCUT2D eigenvalue weighted by atomic mass is 10.0. The van der Waals surface area contributed by atoms with Crippen LogP contribution in [0, 0.1) is 5.92 Å². The van der Waals surface area contributed by atoms with Crippen LogP contribution in [-0.4, -0.2) is 13.7 Å². The molecule has 0 bridgehead atoms. The third-order valence-corrected chi connectivity index (χ3v) is 2.16. The molecule has 0 N–H and O–H groups in total. The van der Waals surface area contributed by atoms with E-state index in [2.05, 4.69) is 19.6 Å². The number of rotatable bonds is 5. The molecule has 1 unspecified atom stereocenters. The summed E-state index contributed by atoms with van der Waals surface area (Å²) in [6, 6.07) is 0. The second-order valence-electron chi connectivity index (χ2n) is 3.54. The molecule has 0 heterocycles. The summed E-state index contributed by atoms with van der Waals surface area (Å²) in [5.41, 5.74) is 0. The molecule has 0 spiro atoms. The van der Waals surface area contributed by atoms with Crippen molar-refractivity contribution in [2.45, 2.75) is 13.3 Å². The topological polar surface area (TPSA) is 18.5 Å². The van der Waals surface area contributed by atoms with Crippen molar-refractivity contribution in [1.82, 2.24) is 0 Å². The van der Waals surface area contributed by atoms with Crippen LogP contribution in [0.1, 0.15) is 13.3 Å². The Morgan fingerprint density at radius 1 is 1.60 bits per heavy atom. The smallest absolute Gasteiger partial charge is 0.119 e. The number of ether oxygens (including phenoxy) is 2. The molecule has 1 aliphatic carbocycles. The molecule has 0 fully saturated rings. The van der Waals surface area contributed by atoms with E-state index in [1.54, 1.807) is 13.2 Å². The van der Waals surface area contributed by atoms with Crippen molar-refractivity contribution in [1.29, 1.82) is 0 Å². The highest BCUT2D eigenvalue weighted by Gasteiger charge is 2.12. The quantitative estimate of drug-likeness (QED) is 0.643. The third-order valence-electron chi connectivity index (χ3n) is 2.16. The Morgan fingerprint density at radius 3 is 3.07 bits per heavy atom. The monoisotopic (exact) mass is 206 g/mol.